The van der Waals surface area contributed by atoms with Crippen LogP contribution in [0.4, 0.5) is 10.1 Å². The number of rotatable bonds is 3. The van der Waals surface area contributed by atoms with Crippen LogP contribution in [0, 0.1) is 5.82 Å². The summed E-state index contributed by atoms with van der Waals surface area (Å²) in [6, 6.07) is 11.0. The van der Waals surface area contributed by atoms with Gasteiger partial charge in [-0.05, 0) is 30.7 Å². The third-order valence-electron chi connectivity index (χ3n) is 2.86. The molecule has 2 aromatic rings. The molecule has 2 aromatic carbocycles. The van der Waals surface area contributed by atoms with Crippen molar-refractivity contribution in [2.75, 3.05) is 5.32 Å². The lowest BCUT2D eigenvalue weighted by atomic mass is 10.1. The number of hydrogen-bond donors (Lipinski definition) is 2. The maximum absolute atomic E-state index is 13.6. The van der Waals surface area contributed by atoms with Crippen molar-refractivity contribution >= 4 is 27.5 Å². The van der Waals surface area contributed by atoms with E-state index in [9.17, 15) is 14.3 Å². The van der Waals surface area contributed by atoms with Crippen molar-refractivity contribution < 1.29 is 14.3 Å². The molecule has 1 amide bonds. The second-order valence-electron chi connectivity index (χ2n) is 4.29. The van der Waals surface area contributed by atoms with Crippen molar-refractivity contribution in [3.05, 3.63) is 59.4 Å². The smallest absolute Gasteiger partial charge is 0.262 e. The number of amides is 1. The van der Waals surface area contributed by atoms with Crippen LogP contribution in [-0.2, 0) is 0 Å². The number of alkyl halides is 1. The van der Waals surface area contributed by atoms with Crippen molar-refractivity contribution in [3.8, 4) is 5.75 Å². The average molecular weight is 338 g/mol. The van der Waals surface area contributed by atoms with Gasteiger partial charge in [-0.2, -0.15) is 0 Å². The fraction of sp³-hybridized carbons (Fsp3) is 0.133. The molecule has 1 unspecified atom stereocenters. The monoisotopic (exact) mass is 337 g/mol. The van der Waals surface area contributed by atoms with Gasteiger partial charge in [0.25, 0.3) is 5.91 Å². The van der Waals surface area contributed by atoms with Gasteiger partial charge >= 0.3 is 0 Å². The van der Waals surface area contributed by atoms with Crippen molar-refractivity contribution in [2.45, 2.75) is 11.8 Å². The Kier molecular flexibility index (Phi) is 4.39. The molecule has 0 aromatic heterocycles. The van der Waals surface area contributed by atoms with Crippen LogP contribution in [0.15, 0.2) is 42.5 Å². The Morgan fingerprint density at radius 1 is 1.25 bits per heavy atom. The van der Waals surface area contributed by atoms with Gasteiger partial charge in [0, 0.05) is 10.5 Å². The number of benzene rings is 2. The summed E-state index contributed by atoms with van der Waals surface area (Å²) in [5, 5.41) is 12.2. The van der Waals surface area contributed by atoms with E-state index in [1.807, 2.05) is 19.1 Å². The lowest BCUT2D eigenvalue weighted by molar-refractivity contribution is 0.102. The molecule has 0 saturated heterocycles. The van der Waals surface area contributed by atoms with Gasteiger partial charge in [-0.15, -0.1) is 0 Å². The van der Waals surface area contributed by atoms with Gasteiger partial charge in [0.05, 0.1) is 0 Å². The van der Waals surface area contributed by atoms with Crippen LogP contribution >= 0.6 is 15.9 Å². The summed E-state index contributed by atoms with van der Waals surface area (Å²) in [6.45, 7) is 1.92. The van der Waals surface area contributed by atoms with E-state index in [1.165, 1.54) is 12.1 Å². The Morgan fingerprint density at radius 2 is 1.95 bits per heavy atom. The summed E-state index contributed by atoms with van der Waals surface area (Å²) in [5.41, 5.74) is 1.09. The summed E-state index contributed by atoms with van der Waals surface area (Å²) >= 11 is 3.43. The van der Waals surface area contributed by atoms with E-state index in [4.69, 9.17) is 0 Å². The van der Waals surface area contributed by atoms with Gasteiger partial charge in [-0.25, -0.2) is 4.39 Å². The quantitative estimate of drug-likeness (QED) is 0.823. The zero-order valence-corrected chi connectivity index (χ0v) is 12.3. The molecule has 104 valence electrons. The first-order valence-corrected chi connectivity index (χ1v) is 6.94. The molecule has 3 nitrogen and oxygen atoms in total. The fourth-order valence-electron chi connectivity index (χ4n) is 1.88. The second-order valence-corrected chi connectivity index (χ2v) is 5.66. The van der Waals surface area contributed by atoms with E-state index in [-0.39, 0.29) is 16.1 Å². The lowest BCUT2D eigenvalue weighted by Crippen LogP contribution is -2.15. The number of nitrogens with one attached hydrogen (secondary N) is 1. The van der Waals surface area contributed by atoms with Crippen LogP contribution < -0.4 is 5.32 Å². The van der Waals surface area contributed by atoms with Gasteiger partial charge in [0.1, 0.15) is 17.1 Å². The fourth-order valence-corrected chi connectivity index (χ4v) is 2.28. The van der Waals surface area contributed by atoms with Crippen molar-refractivity contribution in [2.24, 2.45) is 0 Å². The number of halogens is 2. The van der Waals surface area contributed by atoms with E-state index in [0.717, 1.165) is 11.6 Å². The first-order valence-electron chi connectivity index (χ1n) is 6.02. The molecule has 0 heterocycles. The minimum absolute atomic E-state index is 0.0354. The molecule has 5 heteroatoms. The predicted molar refractivity (Wildman–Crippen MR) is 79.8 cm³/mol. The SMILES string of the molecule is CC(Br)c1ccccc1NC(=O)c1c(O)cccc1F. The molecule has 0 aliphatic heterocycles. The zero-order chi connectivity index (χ0) is 14.7. The van der Waals surface area contributed by atoms with E-state index < -0.39 is 11.7 Å². The minimum Gasteiger partial charge on any atom is -0.507 e. The first-order chi connectivity index (χ1) is 9.50. The Balaban J connectivity index is 2.33. The molecule has 1 atom stereocenters. The minimum atomic E-state index is -0.758. The van der Waals surface area contributed by atoms with Gasteiger partial charge in [0.15, 0.2) is 0 Å². The summed E-state index contributed by atoms with van der Waals surface area (Å²) < 4.78 is 13.6. The van der Waals surface area contributed by atoms with Gasteiger partial charge < -0.3 is 10.4 Å². The zero-order valence-electron chi connectivity index (χ0n) is 10.7. The highest BCUT2D eigenvalue weighted by Gasteiger charge is 2.18. The van der Waals surface area contributed by atoms with E-state index in [1.54, 1.807) is 12.1 Å². The largest absolute Gasteiger partial charge is 0.507 e. The highest BCUT2D eigenvalue weighted by atomic mass is 79.9. The Bertz CT molecular complexity index is 623. The molecule has 2 N–H and O–H groups in total. The van der Waals surface area contributed by atoms with E-state index in [2.05, 4.69) is 21.2 Å². The summed E-state index contributed by atoms with van der Waals surface area (Å²) in [5.74, 6) is -1.82. The number of phenols is 1. The molecule has 0 spiro atoms. The van der Waals surface area contributed by atoms with Gasteiger partial charge in [-0.1, -0.05) is 40.2 Å². The number of aromatic hydroxyl groups is 1. The third-order valence-corrected chi connectivity index (χ3v) is 3.35. The average Bonchev–Trinajstić information content (AvgIpc) is 2.38. The molecule has 0 bridgehead atoms. The molecule has 0 radical (unpaired) electrons. The number of para-hydroxylation sites is 1. The molecule has 0 saturated carbocycles. The standard InChI is InChI=1S/C15H13BrFNO2/c1-9(16)10-5-2-3-7-12(10)18-15(20)14-11(17)6-4-8-13(14)19/h2-9,19H,1H3,(H,18,20). The van der Waals surface area contributed by atoms with Crippen LogP contribution in [0.3, 0.4) is 0 Å². The molecule has 0 fully saturated rings. The predicted octanol–water partition coefficient (Wildman–Crippen LogP) is 4.24. The highest BCUT2D eigenvalue weighted by molar-refractivity contribution is 9.09. The summed E-state index contributed by atoms with van der Waals surface area (Å²) in [7, 11) is 0. The van der Waals surface area contributed by atoms with Gasteiger partial charge in [0.2, 0.25) is 0 Å². The molecule has 2 rings (SSSR count). The van der Waals surface area contributed by atoms with Crippen LogP contribution in [0.5, 0.6) is 5.75 Å². The maximum Gasteiger partial charge on any atom is 0.262 e. The number of carbonyl (C=O) groups excluding carboxylic acids is 1. The number of carbonyl (C=O) groups is 1. The van der Waals surface area contributed by atoms with Crippen LogP contribution in [0.2, 0.25) is 0 Å². The van der Waals surface area contributed by atoms with Crippen molar-refractivity contribution in [1.29, 1.82) is 0 Å². The van der Waals surface area contributed by atoms with E-state index in [0.29, 0.717) is 5.69 Å². The third kappa shape index (κ3) is 2.99. The molecular weight excluding hydrogens is 325 g/mol. The normalized spacial score (nSPS) is 11.9. The molecule has 0 aliphatic carbocycles. The van der Waals surface area contributed by atoms with Crippen LogP contribution in [0.1, 0.15) is 27.7 Å². The lowest BCUT2D eigenvalue weighted by Gasteiger charge is -2.13. The maximum atomic E-state index is 13.6. The number of phenolic OH excluding ortho intramolecular Hbond substituents is 1. The second kappa shape index (κ2) is 6.05. The summed E-state index contributed by atoms with van der Waals surface area (Å²) in [6.07, 6.45) is 0. The highest BCUT2D eigenvalue weighted by Crippen LogP contribution is 2.29. The van der Waals surface area contributed by atoms with Crippen LogP contribution in [-0.4, -0.2) is 11.0 Å². The Labute approximate surface area is 124 Å². The Hall–Kier alpha value is -1.88. The Morgan fingerprint density at radius 3 is 2.60 bits per heavy atom. The summed E-state index contributed by atoms with van der Waals surface area (Å²) in [4.78, 5) is 12.1. The molecular formula is C15H13BrFNO2. The van der Waals surface area contributed by atoms with Crippen molar-refractivity contribution in [3.63, 3.8) is 0 Å². The van der Waals surface area contributed by atoms with E-state index >= 15 is 0 Å². The molecule has 0 aliphatic rings. The van der Waals surface area contributed by atoms with Crippen LogP contribution in [0.25, 0.3) is 0 Å². The number of hydrogen-bond acceptors (Lipinski definition) is 2. The van der Waals surface area contributed by atoms with Gasteiger partial charge in [-0.3, -0.25) is 4.79 Å². The van der Waals surface area contributed by atoms with Crippen molar-refractivity contribution in [1.82, 2.24) is 0 Å². The topological polar surface area (TPSA) is 49.3 Å². The molecule has 20 heavy (non-hydrogen) atoms. The first kappa shape index (κ1) is 14.5. The number of anilines is 1.